The van der Waals surface area contributed by atoms with Crippen LogP contribution in [-0.2, 0) is 17.5 Å². The summed E-state index contributed by atoms with van der Waals surface area (Å²) in [5.74, 6) is 0.0389. The fourth-order valence-electron chi connectivity index (χ4n) is 2.76. The number of amides is 3. The van der Waals surface area contributed by atoms with Crippen molar-refractivity contribution >= 4 is 41.9 Å². The lowest BCUT2D eigenvalue weighted by atomic mass is 10.1. The van der Waals surface area contributed by atoms with Gasteiger partial charge in [-0.05, 0) is 38.5 Å². The summed E-state index contributed by atoms with van der Waals surface area (Å²) in [6.07, 6.45) is -4.55. The van der Waals surface area contributed by atoms with Crippen LogP contribution in [0.15, 0.2) is 23.2 Å². The Morgan fingerprint density at radius 3 is 2.42 bits per heavy atom. The van der Waals surface area contributed by atoms with E-state index in [1.54, 1.807) is 20.8 Å². The molecule has 12 heteroatoms. The van der Waals surface area contributed by atoms with Crippen molar-refractivity contribution < 1.29 is 27.5 Å². The molecule has 0 saturated carbocycles. The van der Waals surface area contributed by atoms with Crippen molar-refractivity contribution in [3.8, 4) is 5.75 Å². The number of alkyl halides is 3. The molecule has 3 amide bonds. The average Bonchev–Trinajstić information content (AvgIpc) is 2.95. The van der Waals surface area contributed by atoms with Crippen LogP contribution in [0.1, 0.15) is 31.9 Å². The molecule has 1 aromatic rings. The van der Waals surface area contributed by atoms with Gasteiger partial charge in [0.1, 0.15) is 11.4 Å². The Morgan fingerprint density at radius 2 is 1.90 bits per heavy atom. The summed E-state index contributed by atoms with van der Waals surface area (Å²) in [6, 6.07) is 3.36. The van der Waals surface area contributed by atoms with Gasteiger partial charge in [-0.15, -0.1) is 24.0 Å². The van der Waals surface area contributed by atoms with Crippen molar-refractivity contribution in [1.29, 1.82) is 0 Å². The van der Waals surface area contributed by atoms with E-state index in [0.29, 0.717) is 0 Å². The minimum absolute atomic E-state index is 0. The number of nitrogens with zero attached hydrogens (tertiary/aromatic N) is 2. The zero-order valence-corrected chi connectivity index (χ0v) is 20.1. The maximum absolute atomic E-state index is 13.5. The number of aliphatic imine (C=N–C) groups is 1. The van der Waals surface area contributed by atoms with E-state index < -0.39 is 23.4 Å². The summed E-state index contributed by atoms with van der Waals surface area (Å²) in [6.45, 7) is 5.40. The number of halogens is 4. The first-order valence-corrected chi connectivity index (χ1v) is 9.32. The lowest BCUT2D eigenvalue weighted by molar-refractivity contribution is -0.138. The van der Waals surface area contributed by atoms with E-state index in [1.165, 1.54) is 19.2 Å². The number of nitrogens with one attached hydrogen (secondary N) is 3. The van der Waals surface area contributed by atoms with Crippen LogP contribution in [0.5, 0.6) is 5.75 Å². The van der Waals surface area contributed by atoms with Crippen molar-refractivity contribution in [2.45, 2.75) is 39.1 Å². The molecule has 0 radical (unpaired) electrons. The minimum atomic E-state index is -4.55. The zero-order chi connectivity index (χ0) is 22.5. The standard InChI is InChI=1S/C19H26F3N5O3.HI/c1-18(2,3)30-13-6-5-12(14(9-13)19(20,21)22)10-25-16(23-4)24-7-8-27-15(28)11-26-17(27)29;/h5-6,9H,7-8,10-11H2,1-4H3,(H,26,29)(H2,23,24,25);1H. The van der Waals surface area contributed by atoms with Gasteiger partial charge in [0.25, 0.3) is 0 Å². The second-order valence-electron chi connectivity index (χ2n) is 7.59. The SMILES string of the molecule is CN=C(NCCN1C(=O)CNC1=O)NCc1ccc(OC(C)(C)C)cc1C(F)(F)F.I. The Labute approximate surface area is 196 Å². The van der Waals surface area contributed by atoms with Gasteiger partial charge in [-0.3, -0.25) is 14.7 Å². The second kappa shape index (κ2) is 10.9. The van der Waals surface area contributed by atoms with Crippen molar-refractivity contribution in [2.24, 2.45) is 4.99 Å². The number of guanidine groups is 1. The molecule has 0 bridgehead atoms. The Kier molecular flexibility index (Phi) is 9.39. The molecule has 174 valence electrons. The number of carbonyl (C=O) groups excluding carboxylic acids is 2. The van der Waals surface area contributed by atoms with Crippen LogP contribution in [0, 0.1) is 0 Å². The molecule has 1 heterocycles. The van der Waals surface area contributed by atoms with Crippen LogP contribution < -0.4 is 20.7 Å². The summed E-state index contributed by atoms with van der Waals surface area (Å²) in [7, 11) is 1.47. The predicted octanol–water partition coefficient (Wildman–Crippen LogP) is 2.72. The van der Waals surface area contributed by atoms with Gasteiger partial charge in [0.15, 0.2) is 5.96 Å². The van der Waals surface area contributed by atoms with Crippen LogP contribution in [0.25, 0.3) is 0 Å². The van der Waals surface area contributed by atoms with Gasteiger partial charge >= 0.3 is 12.2 Å². The number of hydrogen-bond acceptors (Lipinski definition) is 4. The highest BCUT2D eigenvalue weighted by atomic mass is 127. The molecule has 1 aliphatic heterocycles. The molecular formula is C19H27F3IN5O3. The molecule has 2 rings (SSSR count). The summed E-state index contributed by atoms with van der Waals surface area (Å²) in [4.78, 5) is 28.0. The third-order valence-corrected chi connectivity index (χ3v) is 4.05. The minimum Gasteiger partial charge on any atom is -0.488 e. The van der Waals surface area contributed by atoms with Crippen LogP contribution in [0.2, 0.25) is 0 Å². The normalized spacial score (nSPS) is 14.8. The van der Waals surface area contributed by atoms with Crippen molar-refractivity contribution in [2.75, 3.05) is 26.7 Å². The number of ether oxygens (including phenoxy) is 1. The molecule has 8 nitrogen and oxygen atoms in total. The fraction of sp³-hybridized carbons (Fsp3) is 0.526. The maximum Gasteiger partial charge on any atom is 0.416 e. The van der Waals surface area contributed by atoms with Gasteiger partial charge in [0.2, 0.25) is 5.91 Å². The number of rotatable bonds is 6. The van der Waals surface area contributed by atoms with Crippen LogP contribution in [0.4, 0.5) is 18.0 Å². The molecule has 1 aliphatic rings. The Hall–Kier alpha value is -2.25. The molecule has 0 unspecified atom stereocenters. The summed E-state index contributed by atoms with van der Waals surface area (Å²) >= 11 is 0. The molecular weight excluding hydrogens is 530 g/mol. The maximum atomic E-state index is 13.5. The van der Waals surface area contributed by atoms with Crippen LogP contribution >= 0.6 is 24.0 Å². The van der Waals surface area contributed by atoms with E-state index in [9.17, 15) is 22.8 Å². The van der Waals surface area contributed by atoms with Crippen LogP contribution in [-0.4, -0.2) is 55.1 Å². The number of benzene rings is 1. The Balaban J connectivity index is 0.00000480. The van der Waals surface area contributed by atoms with Crippen molar-refractivity contribution in [3.63, 3.8) is 0 Å². The number of hydrogen-bond donors (Lipinski definition) is 3. The Bertz CT molecular complexity index is 809. The van der Waals surface area contributed by atoms with E-state index in [1.807, 2.05) is 0 Å². The molecule has 1 saturated heterocycles. The van der Waals surface area contributed by atoms with E-state index in [0.717, 1.165) is 11.0 Å². The molecule has 0 aromatic heterocycles. The number of imide groups is 1. The molecule has 1 fully saturated rings. The molecule has 3 N–H and O–H groups in total. The molecule has 0 atom stereocenters. The second-order valence-corrected chi connectivity index (χ2v) is 7.59. The first kappa shape index (κ1) is 26.8. The van der Waals surface area contributed by atoms with Gasteiger partial charge in [0, 0.05) is 26.7 Å². The molecule has 31 heavy (non-hydrogen) atoms. The highest BCUT2D eigenvalue weighted by Crippen LogP contribution is 2.35. The van der Waals surface area contributed by atoms with E-state index >= 15 is 0 Å². The zero-order valence-electron chi connectivity index (χ0n) is 17.7. The Morgan fingerprint density at radius 1 is 1.23 bits per heavy atom. The molecule has 1 aromatic carbocycles. The molecule has 0 aliphatic carbocycles. The van der Waals surface area contributed by atoms with Gasteiger partial charge in [-0.2, -0.15) is 13.2 Å². The van der Waals surface area contributed by atoms with Crippen molar-refractivity contribution in [3.05, 3.63) is 29.3 Å². The highest BCUT2D eigenvalue weighted by Gasteiger charge is 2.34. The number of carbonyl (C=O) groups is 2. The summed E-state index contributed by atoms with van der Waals surface area (Å²) in [5.41, 5.74) is -1.39. The fourth-order valence-corrected chi connectivity index (χ4v) is 2.76. The van der Waals surface area contributed by atoms with Gasteiger partial charge < -0.3 is 20.7 Å². The summed E-state index contributed by atoms with van der Waals surface area (Å²) in [5, 5.41) is 8.08. The van der Waals surface area contributed by atoms with Gasteiger partial charge in [-0.25, -0.2) is 4.79 Å². The first-order chi connectivity index (χ1) is 13.9. The van der Waals surface area contributed by atoms with E-state index in [-0.39, 0.29) is 73.3 Å². The van der Waals surface area contributed by atoms with Gasteiger partial charge in [-0.1, -0.05) is 6.07 Å². The molecule has 0 spiro atoms. The summed E-state index contributed by atoms with van der Waals surface area (Å²) < 4.78 is 46.1. The highest BCUT2D eigenvalue weighted by molar-refractivity contribution is 14.0. The smallest absolute Gasteiger partial charge is 0.416 e. The average molecular weight is 557 g/mol. The predicted molar refractivity (Wildman–Crippen MR) is 121 cm³/mol. The topological polar surface area (TPSA) is 95.1 Å². The first-order valence-electron chi connectivity index (χ1n) is 9.32. The third-order valence-electron chi connectivity index (χ3n) is 4.05. The van der Waals surface area contributed by atoms with Gasteiger partial charge in [0.05, 0.1) is 12.1 Å². The lowest BCUT2D eigenvalue weighted by Crippen LogP contribution is -2.43. The van der Waals surface area contributed by atoms with Crippen molar-refractivity contribution in [1.82, 2.24) is 20.9 Å². The number of urea groups is 1. The quantitative estimate of drug-likeness (QED) is 0.217. The third kappa shape index (κ3) is 8.07. The van der Waals surface area contributed by atoms with Crippen LogP contribution in [0.3, 0.4) is 0 Å². The largest absolute Gasteiger partial charge is 0.488 e. The van der Waals surface area contributed by atoms with E-state index in [4.69, 9.17) is 4.74 Å². The monoisotopic (exact) mass is 557 g/mol. The lowest BCUT2D eigenvalue weighted by Gasteiger charge is -2.23. The van der Waals surface area contributed by atoms with E-state index in [2.05, 4.69) is 20.9 Å².